The lowest BCUT2D eigenvalue weighted by Gasteiger charge is -2.16. The van der Waals surface area contributed by atoms with E-state index in [1.165, 1.54) is 57.8 Å². The number of nitrogens with zero attached hydrogens (tertiary/aromatic N) is 1. The van der Waals surface area contributed by atoms with E-state index >= 15 is 0 Å². The highest BCUT2D eigenvalue weighted by molar-refractivity contribution is 5.97. The van der Waals surface area contributed by atoms with Gasteiger partial charge < -0.3 is 16.0 Å². The second-order valence-corrected chi connectivity index (χ2v) is 8.66. The molecule has 0 saturated carbocycles. The Morgan fingerprint density at radius 1 is 0.933 bits per heavy atom. The van der Waals surface area contributed by atoms with E-state index in [2.05, 4.69) is 12.2 Å². The molecule has 3 N–H and O–H groups in total. The van der Waals surface area contributed by atoms with Crippen molar-refractivity contribution < 1.29 is 9.59 Å². The molecule has 5 nitrogen and oxygen atoms in total. The molecule has 0 bridgehead atoms. The molecule has 2 amide bonds. The number of carbonyl (C=O) groups excluding carboxylic acids is 2. The monoisotopic (exact) mass is 415 g/mol. The van der Waals surface area contributed by atoms with Gasteiger partial charge in [-0.25, -0.2) is 0 Å². The number of likely N-dealkylation sites (tertiary alicyclic amines) is 1. The van der Waals surface area contributed by atoms with Crippen LogP contribution in [0.3, 0.4) is 0 Å². The summed E-state index contributed by atoms with van der Waals surface area (Å²) in [5, 5.41) is 2.99. The molecule has 1 aromatic carbocycles. The van der Waals surface area contributed by atoms with Crippen LogP contribution >= 0.6 is 0 Å². The first kappa shape index (κ1) is 24.4. The second-order valence-electron chi connectivity index (χ2n) is 8.66. The van der Waals surface area contributed by atoms with Gasteiger partial charge in [-0.3, -0.25) is 9.59 Å². The molecule has 2 rings (SSSR count). The van der Waals surface area contributed by atoms with Gasteiger partial charge in [-0.05, 0) is 49.6 Å². The van der Waals surface area contributed by atoms with Crippen LogP contribution in [0.5, 0.6) is 0 Å². The number of benzene rings is 1. The Labute approximate surface area is 182 Å². The largest absolute Gasteiger partial charge is 0.352 e. The van der Waals surface area contributed by atoms with E-state index in [1.54, 1.807) is 24.3 Å². The Balaban J connectivity index is 1.58. The van der Waals surface area contributed by atoms with Crippen molar-refractivity contribution in [3.8, 4) is 0 Å². The average molecular weight is 416 g/mol. The molecule has 1 heterocycles. The van der Waals surface area contributed by atoms with Gasteiger partial charge in [0, 0.05) is 30.8 Å². The lowest BCUT2D eigenvalue weighted by Crippen LogP contribution is -2.30. The Hall–Kier alpha value is -1.88. The minimum atomic E-state index is -0.0608. The van der Waals surface area contributed by atoms with Crippen LogP contribution in [-0.4, -0.2) is 42.9 Å². The molecule has 30 heavy (non-hydrogen) atoms. The molecule has 1 atom stereocenters. The molecule has 168 valence electrons. The summed E-state index contributed by atoms with van der Waals surface area (Å²) in [5.41, 5.74) is 6.95. The molecular weight excluding hydrogens is 374 g/mol. The number of carbonyl (C=O) groups is 2. The molecule has 0 aromatic heterocycles. The van der Waals surface area contributed by atoms with Gasteiger partial charge in [0.1, 0.15) is 0 Å². The molecule has 1 fully saturated rings. The third kappa shape index (κ3) is 8.47. The van der Waals surface area contributed by atoms with Crippen LogP contribution in [0.25, 0.3) is 0 Å². The van der Waals surface area contributed by atoms with Crippen LogP contribution in [0.4, 0.5) is 0 Å². The fraction of sp³-hybridized carbons (Fsp3) is 0.680. The van der Waals surface area contributed by atoms with E-state index in [1.807, 2.05) is 4.90 Å². The Morgan fingerprint density at radius 3 is 2.07 bits per heavy atom. The zero-order valence-corrected chi connectivity index (χ0v) is 18.8. The van der Waals surface area contributed by atoms with Gasteiger partial charge >= 0.3 is 0 Å². The topological polar surface area (TPSA) is 75.4 Å². The molecule has 1 saturated heterocycles. The summed E-state index contributed by atoms with van der Waals surface area (Å²) in [5.74, 6) is 0.377. The SMILES string of the molecule is CCCCCCCCCCCCNC(=O)c1ccc(C(=O)N2CCC(CN)C2)cc1. The van der Waals surface area contributed by atoms with Crippen molar-refractivity contribution in [1.29, 1.82) is 0 Å². The minimum absolute atomic E-state index is 0.0308. The Bertz CT molecular complexity index is 630. The zero-order valence-electron chi connectivity index (χ0n) is 18.8. The molecule has 1 aliphatic heterocycles. The maximum absolute atomic E-state index is 12.6. The van der Waals surface area contributed by atoms with E-state index in [4.69, 9.17) is 5.73 Å². The molecule has 1 aliphatic rings. The predicted molar refractivity (Wildman–Crippen MR) is 124 cm³/mol. The molecule has 1 unspecified atom stereocenters. The van der Waals surface area contributed by atoms with E-state index < -0.39 is 0 Å². The first-order valence-electron chi connectivity index (χ1n) is 12.0. The fourth-order valence-electron chi connectivity index (χ4n) is 4.07. The van der Waals surface area contributed by atoms with Crippen molar-refractivity contribution in [2.75, 3.05) is 26.2 Å². The standard InChI is InChI=1S/C25H41N3O2/c1-2-3-4-5-6-7-8-9-10-11-17-27-24(29)22-12-14-23(15-13-22)25(30)28-18-16-21(19-26)20-28/h12-15,21H,2-11,16-20,26H2,1H3,(H,27,29). The number of unbranched alkanes of at least 4 members (excludes halogenated alkanes) is 9. The van der Waals surface area contributed by atoms with Crippen molar-refractivity contribution in [2.24, 2.45) is 11.7 Å². The fourth-order valence-corrected chi connectivity index (χ4v) is 4.07. The summed E-state index contributed by atoms with van der Waals surface area (Å²) >= 11 is 0. The normalized spacial score (nSPS) is 16.1. The highest BCUT2D eigenvalue weighted by Gasteiger charge is 2.26. The van der Waals surface area contributed by atoms with Crippen LogP contribution in [0.15, 0.2) is 24.3 Å². The van der Waals surface area contributed by atoms with E-state index in [0.717, 1.165) is 25.9 Å². The first-order chi connectivity index (χ1) is 14.7. The highest BCUT2D eigenvalue weighted by atomic mass is 16.2. The van der Waals surface area contributed by atoms with E-state index in [-0.39, 0.29) is 11.8 Å². The summed E-state index contributed by atoms with van der Waals surface area (Å²) in [7, 11) is 0. The summed E-state index contributed by atoms with van der Waals surface area (Å²) in [6, 6.07) is 7.01. The van der Waals surface area contributed by atoms with Gasteiger partial charge in [0.25, 0.3) is 11.8 Å². The van der Waals surface area contributed by atoms with Gasteiger partial charge in [-0.2, -0.15) is 0 Å². The maximum atomic E-state index is 12.6. The van der Waals surface area contributed by atoms with Crippen molar-refractivity contribution in [2.45, 2.75) is 77.6 Å². The number of amides is 2. The van der Waals surface area contributed by atoms with Crippen molar-refractivity contribution in [1.82, 2.24) is 10.2 Å². The Kier molecular flexibility index (Phi) is 11.5. The van der Waals surface area contributed by atoms with E-state index in [0.29, 0.717) is 30.1 Å². The third-order valence-electron chi connectivity index (χ3n) is 6.12. The van der Waals surface area contributed by atoms with Crippen molar-refractivity contribution >= 4 is 11.8 Å². The number of hydrogen-bond acceptors (Lipinski definition) is 3. The van der Waals surface area contributed by atoms with E-state index in [9.17, 15) is 9.59 Å². The third-order valence-corrected chi connectivity index (χ3v) is 6.12. The maximum Gasteiger partial charge on any atom is 0.253 e. The number of rotatable bonds is 14. The number of nitrogens with two attached hydrogens (primary N) is 1. The summed E-state index contributed by atoms with van der Waals surface area (Å²) in [6.07, 6.45) is 13.9. The molecule has 0 spiro atoms. The highest BCUT2D eigenvalue weighted by Crippen LogP contribution is 2.18. The van der Waals surface area contributed by atoms with Gasteiger partial charge in [0.05, 0.1) is 0 Å². The summed E-state index contributed by atoms with van der Waals surface area (Å²) in [6.45, 7) is 5.09. The average Bonchev–Trinajstić information content (AvgIpc) is 3.26. The Morgan fingerprint density at radius 2 is 1.50 bits per heavy atom. The lowest BCUT2D eigenvalue weighted by atomic mass is 10.1. The van der Waals surface area contributed by atoms with Crippen molar-refractivity contribution in [3.05, 3.63) is 35.4 Å². The van der Waals surface area contributed by atoms with Gasteiger partial charge in [-0.1, -0.05) is 64.7 Å². The van der Waals surface area contributed by atoms with Gasteiger partial charge in [0.2, 0.25) is 0 Å². The van der Waals surface area contributed by atoms with Crippen LogP contribution in [0.1, 0.15) is 98.3 Å². The molecule has 0 aliphatic carbocycles. The number of hydrogen-bond donors (Lipinski definition) is 2. The minimum Gasteiger partial charge on any atom is -0.352 e. The predicted octanol–water partition coefficient (Wildman–Crippen LogP) is 4.76. The summed E-state index contributed by atoms with van der Waals surface area (Å²) < 4.78 is 0. The van der Waals surface area contributed by atoms with Gasteiger partial charge in [0.15, 0.2) is 0 Å². The lowest BCUT2D eigenvalue weighted by molar-refractivity contribution is 0.0787. The van der Waals surface area contributed by atoms with Crippen molar-refractivity contribution in [3.63, 3.8) is 0 Å². The van der Waals surface area contributed by atoms with Gasteiger partial charge in [-0.15, -0.1) is 0 Å². The quantitative estimate of drug-likeness (QED) is 0.430. The molecule has 1 aromatic rings. The molecule has 5 heteroatoms. The zero-order chi connectivity index (χ0) is 21.6. The smallest absolute Gasteiger partial charge is 0.253 e. The molecular formula is C25H41N3O2. The second kappa shape index (κ2) is 14.2. The first-order valence-corrected chi connectivity index (χ1v) is 12.0. The van der Waals surface area contributed by atoms with Crippen LogP contribution in [0.2, 0.25) is 0 Å². The number of nitrogens with one attached hydrogen (secondary N) is 1. The van der Waals surface area contributed by atoms with Crippen LogP contribution in [-0.2, 0) is 0 Å². The van der Waals surface area contributed by atoms with Crippen LogP contribution in [0, 0.1) is 5.92 Å². The molecule has 0 radical (unpaired) electrons. The van der Waals surface area contributed by atoms with Crippen LogP contribution < -0.4 is 11.1 Å². The summed E-state index contributed by atoms with van der Waals surface area (Å²) in [4.78, 5) is 26.7.